The highest BCUT2D eigenvalue weighted by atomic mass is 79.9. The zero-order valence-electron chi connectivity index (χ0n) is 13.9. The smallest absolute Gasteiger partial charge is 0.282 e. The van der Waals surface area contributed by atoms with Crippen LogP contribution < -0.4 is 15.0 Å². The Morgan fingerprint density at radius 3 is 2.58 bits per heavy atom. The maximum atomic E-state index is 12.9. The van der Waals surface area contributed by atoms with Crippen molar-refractivity contribution in [2.75, 3.05) is 19.5 Å². The lowest BCUT2D eigenvalue weighted by Crippen LogP contribution is -3.12. The fourth-order valence-electron chi connectivity index (χ4n) is 2.35. The molecule has 0 bridgehead atoms. The van der Waals surface area contributed by atoms with Gasteiger partial charge in [-0.15, -0.1) is 0 Å². The summed E-state index contributed by atoms with van der Waals surface area (Å²) in [5.41, 5.74) is 1.60. The summed E-state index contributed by atoms with van der Waals surface area (Å²) in [7, 11) is 3.59. The van der Waals surface area contributed by atoms with Crippen LogP contribution in [0, 0.1) is 5.82 Å². The van der Waals surface area contributed by atoms with E-state index in [4.69, 9.17) is 4.74 Å². The summed E-state index contributed by atoms with van der Waals surface area (Å²) in [5.74, 6) is 0.349. The van der Waals surface area contributed by atoms with Gasteiger partial charge in [0.2, 0.25) is 0 Å². The third kappa shape index (κ3) is 4.79. The quantitative estimate of drug-likeness (QED) is 0.789. The Hall–Kier alpha value is -1.92. The standard InChI is InChI=1S/C18H20BrFN2O2/c1-12(18(23)21-16-7-5-15(20)6-8-16)22(2)11-13-10-14(19)4-9-17(13)24-3/h4-10,12H,11H2,1-3H3,(H,21,23)/p+1/t12-/m1/s1. The number of benzene rings is 2. The predicted molar refractivity (Wildman–Crippen MR) is 95.8 cm³/mol. The molecule has 0 aromatic heterocycles. The third-order valence-electron chi connectivity index (χ3n) is 3.96. The molecule has 0 radical (unpaired) electrons. The van der Waals surface area contributed by atoms with Gasteiger partial charge in [0, 0.05) is 15.7 Å². The SMILES string of the molecule is COc1ccc(Br)cc1C[NH+](C)[C@H](C)C(=O)Nc1ccc(F)cc1. The Morgan fingerprint density at radius 1 is 1.29 bits per heavy atom. The number of nitrogens with one attached hydrogen (secondary N) is 2. The van der Waals surface area contributed by atoms with Crippen LogP contribution in [0.5, 0.6) is 5.75 Å². The predicted octanol–water partition coefficient (Wildman–Crippen LogP) is 2.64. The minimum Gasteiger partial charge on any atom is -0.496 e. The van der Waals surface area contributed by atoms with E-state index in [0.29, 0.717) is 12.2 Å². The number of halogens is 2. The number of amides is 1. The molecule has 0 fully saturated rings. The van der Waals surface area contributed by atoms with Crippen molar-refractivity contribution in [2.24, 2.45) is 0 Å². The molecule has 0 heterocycles. The fraction of sp³-hybridized carbons (Fsp3) is 0.278. The van der Waals surface area contributed by atoms with Gasteiger partial charge in [-0.05, 0) is 49.4 Å². The van der Waals surface area contributed by atoms with Crippen LogP contribution >= 0.6 is 15.9 Å². The van der Waals surface area contributed by atoms with Gasteiger partial charge in [0.1, 0.15) is 18.1 Å². The van der Waals surface area contributed by atoms with E-state index in [-0.39, 0.29) is 17.8 Å². The topological polar surface area (TPSA) is 42.8 Å². The molecule has 0 aliphatic heterocycles. The highest BCUT2D eigenvalue weighted by Gasteiger charge is 2.23. The summed E-state index contributed by atoms with van der Waals surface area (Å²) >= 11 is 3.46. The van der Waals surface area contributed by atoms with Gasteiger partial charge in [0.15, 0.2) is 6.04 Å². The van der Waals surface area contributed by atoms with Gasteiger partial charge in [-0.3, -0.25) is 4.79 Å². The number of rotatable bonds is 6. The highest BCUT2D eigenvalue weighted by molar-refractivity contribution is 9.10. The number of hydrogen-bond donors (Lipinski definition) is 2. The van der Waals surface area contributed by atoms with Crippen LogP contribution in [-0.4, -0.2) is 26.1 Å². The lowest BCUT2D eigenvalue weighted by atomic mass is 10.1. The Bertz CT molecular complexity index is 707. The Morgan fingerprint density at radius 2 is 1.96 bits per heavy atom. The highest BCUT2D eigenvalue weighted by Crippen LogP contribution is 2.22. The molecule has 6 heteroatoms. The molecule has 1 amide bonds. The molecular formula is C18H21BrFN2O2+. The van der Waals surface area contributed by atoms with Gasteiger partial charge in [0.25, 0.3) is 5.91 Å². The van der Waals surface area contributed by atoms with Crippen molar-refractivity contribution in [3.8, 4) is 5.75 Å². The molecule has 2 N–H and O–H groups in total. The fourth-order valence-corrected chi connectivity index (χ4v) is 2.75. The second-order valence-electron chi connectivity index (χ2n) is 5.70. The molecule has 0 aliphatic rings. The summed E-state index contributed by atoms with van der Waals surface area (Å²) in [6, 6.07) is 11.3. The molecule has 0 saturated carbocycles. The summed E-state index contributed by atoms with van der Waals surface area (Å²) in [5, 5.41) is 2.81. The first kappa shape index (κ1) is 18.4. The van der Waals surface area contributed by atoms with E-state index in [1.165, 1.54) is 12.1 Å². The average Bonchev–Trinajstić information content (AvgIpc) is 2.56. The average molecular weight is 396 g/mol. The molecule has 0 spiro atoms. The van der Waals surface area contributed by atoms with Crippen molar-refractivity contribution in [2.45, 2.75) is 19.5 Å². The van der Waals surface area contributed by atoms with Crippen LogP contribution in [0.15, 0.2) is 46.9 Å². The molecule has 1 unspecified atom stereocenters. The van der Waals surface area contributed by atoms with Crippen molar-refractivity contribution < 1.29 is 18.8 Å². The number of ether oxygens (including phenoxy) is 1. The van der Waals surface area contributed by atoms with Crippen molar-refractivity contribution in [3.63, 3.8) is 0 Å². The maximum absolute atomic E-state index is 12.9. The molecule has 128 valence electrons. The third-order valence-corrected chi connectivity index (χ3v) is 4.45. The molecule has 4 nitrogen and oxygen atoms in total. The Kier molecular flexibility index (Phi) is 6.34. The van der Waals surface area contributed by atoms with E-state index in [9.17, 15) is 9.18 Å². The number of hydrogen-bond acceptors (Lipinski definition) is 2. The van der Waals surface area contributed by atoms with Crippen LogP contribution in [-0.2, 0) is 11.3 Å². The first-order chi connectivity index (χ1) is 11.4. The molecule has 2 aromatic rings. The van der Waals surface area contributed by atoms with Crippen molar-refractivity contribution in [1.82, 2.24) is 0 Å². The molecule has 0 saturated heterocycles. The maximum Gasteiger partial charge on any atom is 0.282 e. The van der Waals surface area contributed by atoms with E-state index in [1.807, 2.05) is 32.2 Å². The first-order valence-electron chi connectivity index (χ1n) is 7.62. The van der Waals surface area contributed by atoms with E-state index in [0.717, 1.165) is 20.7 Å². The molecule has 2 aromatic carbocycles. The van der Waals surface area contributed by atoms with Crippen molar-refractivity contribution in [1.29, 1.82) is 0 Å². The monoisotopic (exact) mass is 395 g/mol. The first-order valence-corrected chi connectivity index (χ1v) is 8.41. The van der Waals surface area contributed by atoms with E-state index < -0.39 is 0 Å². The summed E-state index contributed by atoms with van der Waals surface area (Å²) in [6.07, 6.45) is 0. The molecular weight excluding hydrogens is 375 g/mol. The Labute approximate surface area is 149 Å². The summed E-state index contributed by atoms with van der Waals surface area (Å²) in [6.45, 7) is 2.50. The number of quaternary nitrogens is 1. The number of carbonyl (C=O) groups excluding carboxylic acids is 1. The van der Waals surface area contributed by atoms with Gasteiger partial charge in [-0.1, -0.05) is 15.9 Å². The second-order valence-corrected chi connectivity index (χ2v) is 6.61. The van der Waals surface area contributed by atoms with Gasteiger partial charge >= 0.3 is 0 Å². The van der Waals surface area contributed by atoms with Crippen molar-refractivity contribution in [3.05, 3.63) is 58.3 Å². The molecule has 2 atom stereocenters. The minimum absolute atomic E-state index is 0.118. The number of anilines is 1. The molecule has 0 aliphatic carbocycles. The zero-order chi connectivity index (χ0) is 17.7. The largest absolute Gasteiger partial charge is 0.496 e. The van der Waals surface area contributed by atoms with Crippen LogP contribution in [0.2, 0.25) is 0 Å². The van der Waals surface area contributed by atoms with Gasteiger partial charge in [-0.25, -0.2) is 4.39 Å². The summed E-state index contributed by atoms with van der Waals surface area (Å²) < 4.78 is 19.3. The number of carbonyl (C=O) groups is 1. The zero-order valence-corrected chi connectivity index (χ0v) is 15.5. The van der Waals surface area contributed by atoms with Crippen molar-refractivity contribution >= 4 is 27.5 Å². The van der Waals surface area contributed by atoms with Crippen LogP contribution in [0.3, 0.4) is 0 Å². The van der Waals surface area contributed by atoms with Gasteiger partial charge in [-0.2, -0.15) is 0 Å². The van der Waals surface area contributed by atoms with Crippen LogP contribution in [0.1, 0.15) is 12.5 Å². The lowest BCUT2D eigenvalue weighted by molar-refractivity contribution is -0.907. The number of methoxy groups -OCH3 is 1. The van der Waals surface area contributed by atoms with Gasteiger partial charge < -0.3 is 15.0 Å². The summed E-state index contributed by atoms with van der Waals surface area (Å²) in [4.78, 5) is 13.4. The van der Waals surface area contributed by atoms with Crippen LogP contribution in [0.25, 0.3) is 0 Å². The molecule has 2 rings (SSSR count). The van der Waals surface area contributed by atoms with Crippen LogP contribution in [0.4, 0.5) is 10.1 Å². The normalized spacial score (nSPS) is 13.2. The molecule has 24 heavy (non-hydrogen) atoms. The minimum atomic E-state index is -0.328. The van der Waals surface area contributed by atoms with Gasteiger partial charge in [0.05, 0.1) is 14.2 Å². The number of likely N-dealkylation sites (N-methyl/N-ethyl adjacent to an activating group) is 1. The second kappa shape index (κ2) is 8.26. The lowest BCUT2D eigenvalue weighted by Gasteiger charge is -2.22. The van der Waals surface area contributed by atoms with E-state index >= 15 is 0 Å². The van der Waals surface area contributed by atoms with E-state index in [2.05, 4.69) is 21.2 Å². The Balaban J connectivity index is 2.03. The van der Waals surface area contributed by atoms with E-state index in [1.54, 1.807) is 19.2 Å².